The van der Waals surface area contributed by atoms with Crippen LogP contribution in [0, 0.1) is 0 Å². The van der Waals surface area contributed by atoms with Crippen molar-refractivity contribution in [2.24, 2.45) is 0 Å². The molecule has 0 radical (unpaired) electrons. The van der Waals surface area contributed by atoms with Crippen molar-refractivity contribution in [1.82, 2.24) is 4.98 Å². The van der Waals surface area contributed by atoms with Crippen LogP contribution in [0.1, 0.15) is 5.56 Å². The van der Waals surface area contributed by atoms with Crippen molar-refractivity contribution < 1.29 is 0 Å². The molecule has 0 saturated carbocycles. The van der Waals surface area contributed by atoms with E-state index in [0.717, 1.165) is 16.7 Å². The maximum atomic E-state index is 6.02. The second-order valence-corrected chi connectivity index (χ2v) is 5.77. The molecule has 1 atom stereocenters. The number of nitrogens with zero attached hydrogens (tertiary/aromatic N) is 1. The average Bonchev–Trinajstić information content (AvgIpc) is 2.42. The molecule has 100 valence electrons. The van der Waals surface area contributed by atoms with Crippen molar-refractivity contribution in [3.05, 3.63) is 57.7 Å². The molecule has 0 amide bonds. The van der Waals surface area contributed by atoms with Crippen molar-refractivity contribution >= 4 is 44.9 Å². The topological polar surface area (TPSA) is 24.9 Å². The minimum Gasteiger partial charge on any atom is -0.365 e. The summed E-state index contributed by atoms with van der Waals surface area (Å²) < 4.78 is 0.836. The number of anilines is 1. The molecule has 1 heterocycles. The van der Waals surface area contributed by atoms with Crippen LogP contribution in [0.4, 0.5) is 5.82 Å². The number of alkyl halides is 1. The summed E-state index contributed by atoms with van der Waals surface area (Å²) in [6, 6.07) is 12.2. The number of nitrogens with one attached hydrogen (secondary N) is 1. The van der Waals surface area contributed by atoms with Crippen LogP contribution in [-0.2, 0) is 6.42 Å². The SMILES string of the molecule is ClCC(Cc1ccccc1)Nc1ncc(Cl)cc1Br. The van der Waals surface area contributed by atoms with E-state index < -0.39 is 0 Å². The summed E-state index contributed by atoms with van der Waals surface area (Å²) in [6.45, 7) is 0. The van der Waals surface area contributed by atoms with Gasteiger partial charge in [0.05, 0.1) is 9.50 Å². The Balaban J connectivity index is 2.06. The van der Waals surface area contributed by atoms with Crippen LogP contribution in [0.3, 0.4) is 0 Å². The molecule has 2 rings (SSSR count). The second kappa shape index (κ2) is 7.13. The quantitative estimate of drug-likeness (QED) is 0.778. The zero-order chi connectivity index (χ0) is 13.7. The van der Waals surface area contributed by atoms with E-state index in [9.17, 15) is 0 Å². The lowest BCUT2D eigenvalue weighted by Crippen LogP contribution is -2.24. The number of benzene rings is 1. The Morgan fingerprint density at radius 3 is 2.63 bits per heavy atom. The molecular formula is C14H13BrCl2N2. The molecule has 2 nitrogen and oxygen atoms in total. The van der Waals surface area contributed by atoms with Crippen LogP contribution in [0.15, 0.2) is 47.1 Å². The Kier molecular flexibility index (Phi) is 5.49. The van der Waals surface area contributed by atoms with Crippen LogP contribution >= 0.6 is 39.1 Å². The van der Waals surface area contributed by atoms with Crippen LogP contribution in [-0.4, -0.2) is 16.9 Å². The summed E-state index contributed by atoms with van der Waals surface area (Å²) in [6.07, 6.45) is 2.46. The smallest absolute Gasteiger partial charge is 0.140 e. The van der Waals surface area contributed by atoms with Gasteiger partial charge in [0.2, 0.25) is 0 Å². The van der Waals surface area contributed by atoms with Gasteiger partial charge in [-0.3, -0.25) is 0 Å². The maximum Gasteiger partial charge on any atom is 0.140 e. The second-order valence-electron chi connectivity index (χ2n) is 4.17. The Morgan fingerprint density at radius 2 is 2.00 bits per heavy atom. The van der Waals surface area contributed by atoms with E-state index in [1.807, 2.05) is 24.3 Å². The molecule has 0 fully saturated rings. The number of hydrogen-bond donors (Lipinski definition) is 1. The molecule has 2 aromatic rings. The van der Waals surface area contributed by atoms with Crippen molar-refractivity contribution in [3.63, 3.8) is 0 Å². The highest BCUT2D eigenvalue weighted by Crippen LogP contribution is 2.24. The lowest BCUT2D eigenvalue weighted by molar-refractivity contribution is 0.790. The first-order valence-electron chi connectivity index (χ1n) is 5.86. The number of hydrogen-bond acceptors (Lipinski definition) is 2. The lowest BCUT2D eigenvalue weighted by atomic mass is 10.1. The summed E-state index contributed by atoms with van der Waals surface area (Å²) in [5, 5.41) is 3.92. The van der Waals surface area contributed by atoms with Crippen LogP contribution in [0.25, 0.3) is 0 Å². The van der Waals surface area contributed by atoms with E-state index in [-0.39, 0.29) is 6.04 Å². The van der Waals surface area contributed by atoms with E-state index in [0.29, 0.717) is 10.9 Å². The first-order valence-corrected chi connectivity index (χ1v) is 7.57. The summed E-state index contributed by atoms with van der Waals surface area (Å²) in [5.74, 6) is 1.26. The van der Waals surface area contributed by atoms with Gasteiger partial charge in [0, 0.05) is 18.1 Å². The monoisotopic (exact) mass is 358 g/mol. The molecule has 0 aliphatic rings. The van der Waals surface area contributed by atoms with E-state index in [4.69, 9.17) is 23.2 Å². The van der Waals surface area contributed by atoms with Gasteiger partial charge in [-0.1, -0.05) is 41.9 Å². The van der Waals surface area contributed by atoms with Crippen LogP contribution in [0.5, 0.6) is 0 Å². The largest absolute Gasteiger partial charge is 0.365 e. The third kappa shape index (κ3) is 4.37. The molecule has 1 unspecified atom stereocenters. The highest BCUT2D eigenvalue weighted by Gasteiger charge is 2.11. The Bertz CT molecular complexity index is 534. The van der Waals surface area contributed by atoms with Gasteiger partial charge in [-0.15, -0.1) is 11.6 Å². The van der Waals surface area contributed by atoms with Gasteiger partial charge in [-0.2, -0.15) is 0 Å². The Labute approximate surface area is 131 Å². The van der Waals surface area contributed by atoms with E-state index in [2.05, 4.69) is 38.4 Å². The molecule has 0 spiro atoms. The predicted octanol–water partition coefficient (Wildman–Crippen LogP) is 4.76. The van der Waals surface area contributed by atoms with Crippen molar-refractivity contribution in [2.75, 3.05) is 11.2 Å². The van der Waals surface area contributed by atoms with Gasteiger partial charge >= 0.3 is 0 Å². The average molecular weight is 360 g/mol. The highest BCUT2D eigenvalue weighted by molar-refractivity contribution is 9.10. The molecule has 1 aromatic carbocycles. The molecule has 0 bridgehead atoms. The minimum absolute atomic E-state index is 0.119. The highest BCUT2D eigenvalue weighted by atomic mass is 79.9. The number of pyridine rings is 1. The molecule has 0 aliphatic heterocycles. The molecule has 0 aliphatic carbocycles. The van der Waals surface area contributed by atoms with E-state index in [1.165, 1.54) is 5.56 Å². The molecule has 19 heavy (non-hydrogen) atoms. The van der Waals surface area contributed by atoms with Gasteiger partial charge in [0.25, 0.3) is 0 Å². The molecule has 5 heteroatoms. The zero-order valence-electron chi connectivity index (χ0n) is 10.1. The fourth-order valence-corrected chi connectivity index (χ4v) is 2.70. The summed E-state index contributed by atoms with van der Waals surface area (Å²) in [5.41, 5.74) is 1.24. The lowest BCUT2D eigenvalue weighted by Gasteiger charge is -2.17. The Hall–Kier alpha value is -0.770. The van der Waals surface area contributed by atoms with Gasteiger partial charge in [0.1, 0.15) is 5.82 Å². The standard InChI is InChI=1S/C14H13BrCl2N2/c15-13-7-11(17)9-18-14(13)19-12(8-16)6-10-4-2-1-3-5-10/h1-5,7,9,12H,6,8H2,(H,18,19). The third-order valence-electron chi connectivity index (χ3n) is 2.66. The maximum absolute atomic E-state index is 6.02. The van der Waals surface area contributed by atoms with E-state index >= 15 is 0 Å². The van der Waals surface area contributed by atoms with Crippen LogP contribution in [0.2, 0.25) is 5.02 Å². The molecule has 0 saturated heterocycles. The number of aromatic nitrogens is 1. The fourth-order valence-electron chi connectivity index (χ4n) is 1.76. The van der Waals surface area contributed by atoms with Crippen molar-refractivity contribution in [3.8, 4) is 0 Å². The van der Waals surface area contributed by atoms with Gasteiger partial charge < -0.3 is 5.32 Å². The number of rotatable bonds is 5. The molecule has 1 N–H and O–H groups in total. The molecule has 1 aromatic heterocycles. The third-order valence-corrected chi connectivity index (χ3v) is 3.84. The summed E-state index contributed by atoms with van der Waals surface area (Å²) >= 11 is 15.3. The predicted molar refractivity (Wildman–Crippen MR) is 85.2 cm³/mol. The van der Waals surface area contributed by atoms with Crippen molar-refractivity contribution in [1.29, 1.82) is 0 Å². The van der Waals surface area contributed by atoms with E-state index in [1.54, 1.807) is 6.20 Å². The Morgan fingerprint density at radius 1 is 1.26 bits per heavy atom. The fraction of sp³-hybridized carbons (Fsp3) is 0.214. The molecular weight excluding hydrogens is 347 g/mol. The normalized spacial score (nSPS) is 12.2. The summed E-state index contributed by atoms with van der Waals surface area (Å²) in [4.78, 5) is 4.26. The van der Waals surface area contributed by atoms with Gasteiger partial charge in [-0.05, 0) is 34.0 Å². The first kappa shape index (κ1) is 14.6. The number of halogens is 3. The first-order chi connectivity index (χ1) is 9.19. The summed E-state index contributed by atoms with van der Waals surface area (Å²) in [7, 11) is 0. The van der Waals surface area contributed by atoms with Gasteiger partial charge in [0.15, 0.2) is 0 Å². The zero-order valence-corrected chi connectivity index (χ0v) is 13.2. The van der Waals surface area contributed by atoms with Crippen LogP contribution < -0.4 is 5.32 Å². The minimum atomic E-state index is 0.119. The van der Waals surface area contributed by atoms with Gasteiger partial charge in [-0.25, -0.2) is 4.98 Å². The van der Waals surface area contributed by atoms with Crippen molar-refractivity contribution in [2.45, 2.75) is 12.5 Å².